The van der Waals surface area contributed by atoms with Gasteiger partial charge in [-0.05, 0) is 12.1 Å². The van der Waals surface area contributed by atoms with E-state index in [2.05, 4.69) is 20.1 Å². The SMILES string of the molecule is CCc1noc(-c2cccnc2-n2cnc(C(=O)O)c2)n1. The van der Waals surface area contributed by atoms with Crippen LogP contribution in [0.2, 0.25) is 0 Å². The summed E-state index contributed by atoms with van der Waals surface area (Å²) in [6, 6.07) is 3.51. The molecule has 3 rings (SSSR count). The molecule has 1 N–H and O–H groups in total. The van der Waals surface area contributed by atoms with E-state index in [4.69, 9.17) is 9.63 Å². The molecule has 0 unspecified atom stereocenters. The van der Waals surface area contributed by atoms with Crippen LogP contribution in [0, 0.1) is 0 Å². The molecule has 0 bridgehead atoms. The fourth-order valence-corrected chi connectivity index (χ4v) is 1.83. The molecule has 3 aromatic rings. The van der Waals surface area contributed by atoms with Gasteiger partial charge in [-0.3, -0.25) is 4.57 Å². The Bertz CT molecular complexity index is 792. The number of nitrogens with zero attached hydrogens (tertiary/aromatic N) is 5. The van der Waals surface area contributed by atoms with Crippen molar-refractivity contribution in [2.75, 3.05) is 0 Å². The van der Waals surface area contributed by atoms with Crippen molar-refractivity contribution in [2.45, 2.75) is 13.3 Å². The zero-order valence-electron chi connectivity index (χ0n) is 11.1. The van der Waals surface area contributed by atoms with Crippen LogP contribution in [0.3, 0.4) is 0 Å². The van der Waals surface area contributed by atoms with Crippen LogP contribution in [0.25, 0.3) is 17.3 Å². The van der Waals surface area contributed by atoms with Gasteiger partial charge in [-0.15, -0.1) is 0 Å². The quantitative estimate of drug-likeness (QED) is 0.775. The molecular weight excluding hydrogens is 274 g/mol. The summed E-state index contributed by atoms with van der Waals surface area (Å²) in [7, 11) is 0. The second-order valence-corrected chi connectivity index (χ2v) is 4.22. The number of aromatic nitrogens is 5. The fourth-order valence-electron chi connectivity index (χ4n) is 1.83. The van der Waals surface area contributed by atoms with Gasteiger partial charge in [0.2, 0.25) is 0 Å². The lowest BCUT2D eigenvalue weighted by Crippen LogP contribution is -1.99. The Labute approximate surface area is 119 Å². The summed E-state index contributed by atoms with van der Waals surface area (Å²) in [5.41, 5.74) is 0.547. The van der Waals surface area contributed by atoms with Crippen molar-refractivity contribution in [1.29, 1.82) is 0 Å². The average molecular weight is 285 g/mol. The van der Waals surface area contributed by atoms with Crippen LogP contribution in [0.1, 0.15) is 23.2 Å². The summed E-state index contributed by atoms with van der Waals surface area (Å²) in [6.45, 7) is 1.92. The van der Waals surface area contributed by atoms with Crippen LogP contribution >= 0.6 is 0 Å². The predicted octanol–water partition coefficient (Wildman–Crippen LogP) is 1.58. The molecule has 0 aliphatic rings. The number of rotatable bonds is 4. The molecule has 0 fully saturated rings. The lowest BCUT2D eigenvalue weighted by atomic mass is 10.2. The monoisotopic (exact) mass is 285 g/mol. The molecule has 8 heteroatoms. The lowest BCUT2D eigenvalue weighted by Gasteiger charge is -2.04. The average Bonchev–Trinajstić information content (AvgIpc) is 3.16. The van der Waals surface area contributed by atoms with Crippen molar-refractivity contribution in [3.63, 3.8) is 0 Å². The van der Waals surface area contributed by atoms with E-state index >= 15 is 0 Å². The summed E-state index contributed by atoms with van der Waals surface area (Å²) >= 11 is 0. The molecule has 21 heavy (non-hydrogen) atoms. The first-order chi connectivity index (χ1) is 10.2. The summed E-state index contributed by atoms with van der Waals surface area (Å²) in [4.78, 5) is 23.2. The van der Waals surface area contributed by atoms with Crippen molar-refractivity contribution in [3.05, 3.63) is 42.4 Å². The van der Waals surface area contributed by atoms with Gasteiger partial charge in [-0.1, -0.05) is 12.1 Å². The second kappa shape index (κ2) is 5.16. The Morgan fingerprint density at radius 1 is 1.43 bits per heavy atom. The van der Waals surface area contributed by atoms with Crippen molar-refractivity contribution < 1.29 is 14.4 Å². The van der Waals surface area contributed by atoms with Gasteiger partial charge >= 0.3 is 5.97 Å². The van der Waals surface area contributed by atoms with E-state index < -0.39 is 5.97 Å². The summed E-state index contributed by atoms with van der Waals surface area (Å²) in [5.74, 6) is 0.304. The largest absolute Gasteiger partial charge is 0.476 e. The van der Waals surface area contributed by atoms with E-state index in [1.165, 1.54) is 17.1 Å². The van der Waals surface area contributed by atoms with E-state index in [0.717, 1.165) is 0 Å². The number of imidazole rings is 1. The lowest BCUT2D eigenvalue weighted by molar-refractivity contribution is 0.0691. The molecule has 106 valence electrons. The summed E-state index contributed by atoms with van der Waals surface area (Å²) in [6.07, 6.45) is 5.02. The molecule has 0 saturated carbocycles. The number of hydrogen-bond donors (Lipinski definition) is 1. The van der Waals surface area contributed by atoms with Crippen molar-refractivity contribution in [2.24, 2.45) is 0 Å². The third-order valence-corrected chi connectivity index (χ3v) is 2.85. The number of carboxylic acid groups (broad SMARTS) is 1. The molecule has 3 aromatic heterocycles. The maximum Gasteiger partial charge on any atom is 0.356 e. The molecule has 0 amide bonds. The Morgan fingerprint density at radius 2 is 2.29 bits per heavy atom. The Balaban J connectivity index is 2.08. The molecule has 0 radical (unpaired) electrons. The van der Waals surface area contributed by atoms with Crippen LogP contribution in [0.15, 0.2) is 35.4 Å². The third kappa shape index (κ3) is 2.38. The van der Waals surface area contributed by atoms with Gasteiger partial charge in [-0.25, -0.2) is 14.8 Å². The molecule has 8 nitrogen and oxygen atoms in total. The highest BCUT2D eigenvalue weighted by molar-refractivity contribution is 5.85. The molecule has 0 aliphatic heterocycles. The van der Waals surface area contributed by atoms with Gasteiger partial charge in [0.15, 0.2) is 17.3 Å². The second-order valence-electron chi connectivity index (χ2n) is 4.22. The molecular formula is C13H11N5O3. The number of carbonyl (C=O) groups is 1. The van der Waals surface area contributed by atoms with Crippen molar-refractivity contribution >= 4 is 5.97 Å². The zero-order chi connectivity index (χ0) is 14.8. The highest BCUT2D eigenvalue weighted by Crippen LogP contribution is 2.23. The molecule has 3 heterocycles. The number of hydrogen-bond acceptors (Lipinski definition) is 6. The molecule has 0 atom stereocenters. The summed E-state index contributed by atoms with van der Waals surface area (Å²) < 4.78 is 6.72. The molecule has 0 aliphatic carbocycles. The van der Waals surface area contributed by atoms with Gasteiger partial charge < -0.3 is 9.63 Å². The third-order valence-electron chi connectivity index (χ3n) is 2.85. The first kappa shape index (κ1) is 13.0. The van der Waals surface area contributed by atoms with Gasteiger partial charge in [0.05, 0.1) is 5.56 Å². The van der Waals surface area contributed by atoms with Crippen molar-refractivity contribution in [3.8, 4) is 17.3 Å². The molecule has 0 saturated heterocycles. The maximum atomic E-state index is 10.9. The van der Waals surface area contributed by atoms with Crippen LogP contribution < -0.4 is 0 Å². The van der Waals surface area contributed by atoms with Gasteiger partial charge in [-0.2, -0.15) is 4.98 Å². The van der Waals surface area contributed by atoms with Crippen LogP contribution in [0.5, 0.6) is 0 Å². The van der Waals surface area contributed by atoms with Gasteiger partial charge in [0.1, 0.15) is 6.33 Å². The fraction of sp³-hybridized carbons (Fsp3) is 0.154. The van der Waals surface area contributed by atoms with E-state index in [1.54, 1.807) is 18.3 Å². The number of carboxylic acids is 1. The topological polar surface area (TPSA) is 107 Å². The van der Waals surface area contributed by atoms with Crippen LogP contribution in [0.4, 0.5) is 0 Å². The van der Waals surface area contributed by atoms with E-state index in [0.29, 0.717) is 29.5 Å². The number of aromatic carboxylic acids is 1. The molecule has 0 aromatic carbocycles. The van der Waals surface area contributed by atoms with Crippen molar-refractivity contribution in [1.82, 2.24) is 24.7 Å². The smallest absolute Gasteiger partial charge is 0.356 e. The van der Waals surface area contributed by atoms with Crippen LogP contribution in [-0.2, 0) is 6.42 Å². The highest BCUT2D eigenvalue weighted by atomic mass is 16.5. The minimum absolute atomic E-state index is 0.0635. The normalized spacial score (nSPS) is 10.7. The Kier molecular flexibility index (Phi) is 3.19. The number of aryl methyl sites for hydroxylation is 1. The maximum absolute atomic E-state index is 10.9. The minimum Gasteiger partial charge on any atom is -0.476 e. The summed E-state index contributed by atoms with van der Waals surface area (Å²) in [5, 5.41) is 12.8. The van der Waals surface area contributed by atoms with Crippen LogP contribution in [-0.4, -0.2) is 35.8 Å². The van der Waals surface area contributed by atoms with E-state index in [9.17, 15) is 4.79 Å². The van der Waals surface area contributed by atoms with Gasteiger partial charge in [0.25, 0.3) is 5.89 Å². The minimum atomic E-state index is -1.10. The Morgan fingerprint density at radius 3 is 2.95 bits per heavy atom. The number of pyridine rings is 1. The van der Waals surface area contributed by atoms with E-state index in [-0.39, 0.29) is 5.69 Å². The first-order valence-electron chi connectivity index (χ1n) is 6.24. The standard InChI is InChI=1S/C13H11N5O3/c1-2-10-16-12(21-17-10)8-4-3-5-14-11(8)18-6-9(13(19)20)15-7-18/h3-7H,2H2,1H3,(H,19,20). The van der Waals surface area contributed by atoms with Gasteiger partial charge in [0, 0.05) is 18.8 Å². The van der Waals surface area contributed by atoms with E-state index in [1.807, 2.05) is 6.92 Å². The predicted molar refractivity (Wildman–Crippen MR) is 71.0 cm³/mol. The first-order valence-corrected chi connectivity index (χ1v) is 6.24. The zero-order valence-corrected chi connectivity index (χ0v) is 11.1. The molecule has 0 spiro atoms. The highest BCUT2D eigenvalue weighted by Gasteiger charge is 2.16. The Hall–Kier alpha value is -3.03.